The van der Waals surface area contributed by atoms with Gasteiger partial charge in [0.1, 0.15) is 5.75 Å². The van der Waals surface area contributed by atoms with Gasteiger partial charge in [0.05, 0.1) is 17.7 Å². The van der Waals surface area contributed by atoms with Crippen molar-refractivity contribution in [1.29, 1.82) is 0 Å². The van der Waals surface area contributed by atoms with E-state index < -0.39 is 16.7 Å². The molecular formula is C15H12ClN3O5. The Morgan fingerprint density at radius 3 is 2.46 bits per heavy atom. The summed E-state index contributed by atoms with van der Waals surface area (Å²) in [7, 11) is 1.34. The lowest BCUT2D eigenvalue weighted by molar-refractivity contribution is -0.384. The van der Waals surface area contributed by atoms with Crippen LogP contribution in [0.4, 0.5) is 17.1 Å². The van der Waals surface area contributed by atoms with Crippen molar-refractivity contribution in [2.45, 2.75) is 0 Å². The minimum Gasteiger partial charge on any atom is -0.495 e. The molecule has 2 aromatic carbocycles. The molecule has 0 radical (unpaired) electrons. The zero-order valence-corrected chi connectivity index (χ0v) is 13.2. The largest absolute Gasteiger partial charge is 0.495 e. The van der Waals surface area contributed by atoms with E-state index in [-0.39, 0.29) is 17.1 Å². The van der Waals surface area contributed by atoms with Crippen LogP contribution in [-0.2, 0) is 9.59 Å². The van der Waals surface area contributed by atoms with Crippen LogP contribution in [0.1, 0.15) is 0 Å². The second-order valence-electron chi connectivity index (χ2n) is 4.56. The van der Waals surface area contributed by atoms with E-state index in [4.69, 9.17) is 16.3 Å². The zero-order valence-electron chi connectivity index (χ0n) is 12.4. The van der Waals surface area contributed by atoms with E-state index in [0.717, 1.165) is 6.07 Å². The maximum absolute atomic E-state index is 12.0. The normalized spacial score (nSPS) is 9.92. The molecule has 0 saturated heterocycles. The van der Waals surface area contributed by atoms with Gasteiger partial charge in [-0.3, -0.25) is 19.7 Å². The molecule has 0 saturated carbocycles. The number of carbonyl (C=O) groups excluding carboxylic acids is 2. The number of methoxy groups -OCH3 is 1. The van der Waals surface area contributed by atoms with Gasteiger partial charge in [-0.1, -0.05) is 17.7 Å². The molecule has 0 heterocycles. The second kappa shape index (κ2) is 7.42. The molecule has 0 aromatic heterocycles. The summed E-state index contributed by atoms with van der Waals surface area (Å²) in [4.78, 5) is 34.1. The number of halogens is 1. The van der Waals surface area contributed by atoms with Crippen LogP contribution < -0.4 is 15.4 Å². The highest BCUT2D eigenvalue weighted by Crippen LogP contribution is 2.28. The summed E-state index contributed by atoms with van der Waals surface area (Å²) < 4.78 is 5.01. The second-order valence-corrected chi connectivity index (χ2v) is 5.00. The lowest BCUT2D eigenvalue weighted by Gasteiger charge is -2.10. The van der Waals surface area contributed by atoms with Crippen LogP contribution in [0.25, 0.3) is 0 Å². The number of non-ortho nitro benzene ring substituents is 1. The number of carbonyl (C=O) groups is 2. The molecular weight excluding hydrogens is 338 g/mol. The van der Waals surface area contributed by atoms with Gasteiger partial charge in [0.15, 0.2) is 0 Å². The Balaban J connectivity index is 2.15. The van der Waals surface area contributed by atoms with Crippen LogP contribution in [0, 0.1) is 10.1 Å². The molecule has 2 aromatic rings. The third-order valence-electron chi connectivity index (χ3n) is 2.93. The molecule has 2 rings (SSSR count). The minimum atomic E-state index is -1.01. The van der Waals surface area contributed by atoms with Gasteiger partial charge in [-0.25, -0.2) is 0 Å². The van der Waals surface area contributed by atoms with Crippen molar-refractivity contribution < 1.29 is 19.2 Å². The molecule has 24 heavy (non-hydrogen) atoms. The highest BCUT2D eigenvalue weighted by atomic mass is 35.5. The van der Waals surface area contributed by atoms with Gasteiger partial charge in [-0.2, -0.15) is 0 Å². The zero-order chi connectivity index (χ0) is 17.7. The molecule has 9 heteroatoms. The fourth-order valence-corrected chi connectivity index (χ4v) is 2.03. The standard InChI is InChI=1S/C15H12ClN3O5/c1-24-13-6-5-11(19(22)23)8-12(13)18-15(21)14(20)17-10-4-2-3-9(16)7-10/h2-8H,1H3,(H,17,20)(H,18,21). The molecule has 2 amide bonds. The number of hydrogen-bond acceptors (Lipinski definition) is 5. The maximum Gasteiger partial charge on any atom is 0.314 e. The number of rotatable bonds is 4. The summed E-state index contributed by atoms with van der Waals surface area (Å²) in [5.41, 5.74) is 0.105. The smallest absolute Gasteiger partial charge is 0.314 e. The molecule has 8 nitrogen and oxygen atoms in total. The maximum atomic E-state index is 12.0. The molecule has 0 aliphatic carbocycles. The highest BCUT2D eigenvalue weighted by Gasteiger charge is 2.18. The molecule has 0 atom stereocenters. The number of nitro benzene ring substituents is 1. The summed E-state index contributed by atoms with van der Waals surface area (Å²) in [6.07, 6.45) is 0. The van der Waals surface area contributed by atoms with Crippen LogP contribution in [0.2, 0.25) is 5.02 Å². The summed E-state index contributed by atoms with van der Waals surface area (Å²) >= 11 is 5.79. The van der Waals surface area contributed by atoms with Crippen LogP contribution >= 0.6 is 11.6 Å². The summed E-state index contributed by atoms with van der Waals surface area (Å²) in [5, 5.41) is 15.8. The van der Waals surface area contributed by atoms with Gasteiger partial charge in [0, 0.05) is 22.8 Å². The first-order chi connectivity index (χ1) is 11.4. The molecule has 0 unspecified atom stereocenters. The molecule has 0 aliphatic heterocycles. The van der Waals surface area contributed by atoms with Gasteiger partial charge in [0.25, 0.3) is 5.69 Å². The lowest BCUT2D eigenvalue weighted by Crippen LogP contribution is -2.29. The fraction of sp³-hybridized carbons (Fsp3) is 0.0667. The fourth-order valence-electron chi connectivity index (χ4n) is 1.84. The summed E-state index contributed by atoms with van der Waals surface area (Å²) in [5.74, 6) is -1.77. The first-order valence-corrected chi connectivity index (χ1v) is 6.99. The van der Waals surface area contributed by atoms with Crippen molar-refractivity contribution in [2.24, 2.45) is 0 Å². The van der Waals surface area contributed by atoms with Gasteiger partial charge in [-0.05, 0) is 24.3 Å². The van der Waals surface area contributed by atoms with Crippen molar-refractivity contribution in [3.05, 3.63) is 57.6 Å². The SMILES string of the molecule is COc1ccc([N+](=O)[O-])cc1NC(=O)C(=O)Nc1cccc(Cl)c1. The van der Waals surface area contributed by atoms with E-state index >= 15 is 0 Å². The van der Waals surface area contributed by atoms with Crippen molar-refractivity contribution in [1.82, 2.24) is 0 Å². The Morgan fingerprint density at radius 2 is 1.83 bits per heavy atom. The van der Waals surface area contributed by atoms with Gasteiger partial charge >= 0.3 is 11.8 Å². The third kappa shape index (κ3) is 4.20. The van der Waals surface area contributed by atoms with E-state index in [2.05, 4.69) is 10.6 Å². The Kier molecular flexibility index (Phi) is 5.33. The van der Waals surface area contributed by atoms with Crippen LogP contribution in [0.5, 0.6) is 5.75 Å². The average molecular weight is 350 g/mol. The number of amides is 2. The highest BCUT2D eigenvalue weighted by molar-refractivity contribution is 6.44. The van der Waals surface area contributed by atoms with Crippen LogP contribution in [0.15, 0.2) is 42.5 Å². The number of ether oxygens (including phenoxy) is 1. The van der Waals surface area contributed by atoms with E-state index in [9.17, 15) is 19.7 Å². The number of benzene rings is 2. The Morgan fingerprint density at radius 1 is 1.12 bits per heavy atom. The molecule has 2 N–H and O–H groups in total. The number of nitro groups is 1. The quantitative estimate of drug-likeness (QED) is 0.501. The molecule has 0 bridgehead atoms. The average Bonchev–Trinajstić information content (AvgIpc) is 2.54. The number of nitrogens with zero attached hydrogens (tertiary/aromatic N) is 1. The Bertz CT molecular complexity index is 809. The first kappa shape index (κ1) is 17.2. The van der Waals surface area contributed by atoms with E-state index in [1.165, 1.54) is 25.3 Å². The number of nitrogens with one attached hydrogen (secondary N) is 2. The van der Waals surface area contributed by atoms with E-state index in [1.54, 1.807) is 18.2 Å². The Hall–Kier alpha value is -3.13. The Labute approximate surface area is 141 Å². The number of hydrogen-bond donors (Lipinski definition) is 2. The van der Waals surface area contributed by atoms with Crippen molar-refractivity contribution in [2.75, 3.05) is 17.7 Å². The number of anilines is 2. The van der Waals surface area contributed by atoms with Crippen molar-refractivity contribution in [3.63, 3.8) is 0 Å². The third-order valence-corrected chi connectivity index (χ3v) is 3.17. The van der Waals surface area contributed by atoms with E-state index in [1.807, 2.05) is 0 Å². The predicted molar refractivity (Wildman–Crippen MR) is 88.4 cm³/mol. The monoisotopic (exact) mass is 349 g/mol. The summed E-state index contributed by atoms with van der Waals surface area (Å²) in [6, 6.07) is 9.91. The predicted octanol–water partition coefficient (Wildman–Crippen LogP) is 2.83. The van der Waals surface area contributed by atoms with Gasteiger partial charge < -0.3 is 15.4 Å². The van der Waals surface area contributed by atoms with Crippen LogP contribution in [-0.4, -0.2) is 23.8 Å². The molecule has 0 aliphatic rings. The van der Waals surface area contributed by atoms with Crippen molar-refractivity contribution in [3.8, 4) is 5.75 Å². The molecule has 0 fully saturated rings. The van der Waals surface area contributed by atoms with Crippen LogP contribution in [0.3, 0.4) is 0 Å². The van der Waals surface area contributed by atoms with Crippen molar-refractivity contribution >= 4 is 40.5 Å². The van der Waals surface area contributed by atoms with E-state index in [0.29, 0.717) is 10.7 Å². The summed E-state index contributed by atoms with van der Waals surface area (Å²) in [6.45, 7) is 0. The minimum absolute atomic E-state index is 0.0120. The first-order valence-electron chi connectivity index (χ1n) is 6.61. The lowest BCUT2D eigenvalue weighted by atomic mass is 10.2. The molecule has 0 spiro atoms. The van der Waals surface area contributed by atoms with Gasteiger partial charge in [0.2, 0.25) is 0 Å². The van der Waals surface area contributed by atoms with Gasteiger partial charge in [-0.15, -0.1) is 0 Å². The molecule has 124 valence electrons. The topological polar surface area (TPSA) is 111 Å².